The van der Waals surface area contributed by atoms with Crippen LogP contribution >= 0.6 is 0 Å². The summed E-state index contributed by atoms with van der Waals surface area (Å²) in [5.74, 6) is 1.73. The highest BCUT2D eigenvalue weighted by atomic mass is 16.5. The van der Waals surface area contributed by atoms with E-state index in [1.54, 1.807) is 0 Å². The molecule has 2 aliphatic rings. The average Bonchev–Trinajstić information content (AvgIpc) is 2.93. The SMILES string of the molecule is CCN1CCCC(COc2ccc3c(c2)CCN3)C1. The minimum Gasteiger partial charge on any atom is -0.493 e. The standard InChI is InChI=1S/C16H24N2O/c1-2-18-9-3-4-13(11-18)12-19-15-5-6-16-14(10-15)7-8-17-16/h5-6,10,13,17H,2-4,7-9,11-12H2,1H3. The highest BCUT2D eigenvalue weighted by molar-refractivity contribution is 5.57. The molecule has 0 spiro atoms. The van der Waals surface area contributed by atoms with Gasteiger partial charge in [-0.15, -0.1) is 0 Å². The molecule has 0 bridgehead atoms. The predicted octanol–water partition coefficient (Wildman–Crippen LogP) is 2.77. The highest BCUT2D eigenvalue weighted by Crippen LogP contribution is 2.27. The van der Waals surface area contributed by atoms with Gasteiger partial charge in [0.15, 0.2) is 0 Å². The number of nitrogens with one attached hydrogen (secondary N) is 1. The van der Waals surface area contributed by atoms with E-state index in [-0.39, 0.29) is 0 Å². The maximum atomic E-state index is 6.01. The zero-order valence-corrected chi connectivity index (χ0v) is 11.8. The summed E-state index contributed by atoms with van der Waals surface area (Å²) < 4.78 is 6.01. The van der Waals surface area contributed by atoms with Crippen molar-refractivity contribution >= 4 is 5.69 Å². The van der Waals surface area contributed by atoms with Gasteiger partial charge in [0.05, 0.1) is 6.61 Å². The van der Waals surface area contributed by atoms with Gasteiger partial charge >= 0.3 is 0 Å². The van der Waals surface area contributed by atoms with Crippen molar-refractivity contribution in [1.82, 2.24) is 4.90 Å². The summed E-state index contributed by atoms with van der Waals surface area (Å²) in [4.78, 5) is 2.53. The molecular formula is C16H24N2O. The molecule has 2 heterocycles. The van der Waals surface area contributed by atoms with Gasteiger partial charge in [-0.1, -0.05) is 6.92 Å². The van der Waals surface area contributed by atoms with E-state index in [1.807, 2.05) is 0 Å². The van der Waals surface area contributed by atoms with Gasteiger partial charge in [0, 0.05) is 24.7 Å². The minimum atomic E-state index is 0.695. The van der Waals surface area contributed by atoms with Gasteiger partial charge in [0.25, 0.3) is 0 Å². The molecule has 1 fully saturated rings. The molecule has 19 heavy (non-hydrogen) atoms. The summed E-state index contributed by atoms with van der Waals surface area (Å²) >= 11 is 0. The van der Waals surface area contributed by atoms with E-state index in [0.717, 1.165) is 25.3 Å². The molecule has 0 aliphatic carbocycles. The largest absolute Gasteiger partial charge is 0.493 e. The molecule has 1 atom stereocenters. The molecule has 0 saturated carbocycles. The van der Waals surface area contributed by atoms with E-state index in [2.05, 4.69) is 35.3 Å². The monoisotopic (exact) mass is 260 g/mol. The van der Waals surface area contributed by atoms with Crippen LogP contribution in [-0.4, -0.2) is 37.7 Å². The fraction of sp³-hybridized carbons (Fsp3) is 0.625. The maximum Gasteiger partial charge on any atom is 0.119 e. The number of piperidine rings is 1. The number of hydrogen-bond acceptors (Lipinski definition) is 3. The predicted molar refractivity (Wildman–Crippen MR) is 79.0 cm³/mol. The third kappa shape index (κ3) is 3.03. The Kier molecular flexibility index (Phi) is 3.92. The molecule has 3 nitrogen and oxygen atoms in total. The van der Waals surface area contributed by atoms with Crippen molar-refractivity contribution in [3.8, 4) is 5.75 Å². The summed E-state index contributed by atoms with van der Waals surface area (Å²) in [6.45, 7) is 7.80. The Labute approximate surface area is 115 Å². The molecule has 1 aromatic carbocycles. The lowest BCUT2D eigenvalue weighted by molar-refractivity contribution is 0.135. The van der Waals surface area contributed by atoms with E-state index < -0.39 is 0 Å². The van der Waals surface area contributed by atoms with Gasteiger partial charge in [-0.25, -0.2) is 0 Å². The van der Waals surface area contributed by atoms with Gasteiger partial charge in [-0.3, -0.25) is 0 Å². The van der Waals surface area contributed by atoms with Crippen molar-refractivity contribution < 1.29 is 4.74 Å². The summed E-state index contributed by atoms with van der Waals surface area (Å²) in [5, 5.41) is 3.38. The average molecular weight is 260 g/mol. The summed E-state index contributed by atoms with van der Waals surface area (Å²) in [6, 6.07) is 6.45. The number of ether oxygens (including phenoxy) is 1. The Morgan fingerprint density at radius 3 is 3.26 bits per heavy atom. The molecule has 3 rings (SSSR count). The Bertz CT molecular complexity index is 433. The first kappa shape index (κ1) is 12.8. The van der Waals surface area contributed by atoms with Gasteiger partial charge in [0.2, 0.25) is 0 Å². The van der Waals surface area contributed by atoms with Crippen LogP contribution in [0.4, 0.5) is 5.69 Å². The lowest BCUT2D eigenvalue weighted by atomic mass is 9.99. The molecule has 0 amide bonds. The quantitative estimate of drug-likeness (QED) is 0.901. The number of hydrogen-bond donors (Lipinski definition) is 1. The van der Waals surface area contributed by atoms with Crippen LogP contribution in [0, 0.1) is 5.92 Å². The van der Waals surface area contributed by atoms with Crippen LogP contribution in [0.3, 0.4) is 0 Å². The fourth-order valence-corrected chi connectivity index (χ4v) is 3.16. The second-order valence-corrected chi connectivity index (χ2v) is 5.71. The normalized spacial score (nSPS) is 22.9. The molecule has 104 valence electrons. The molecule has 3 heteroatoms. The molecular weight excluding hydrogens is 236 g/mol. The molecule has 1 aromatic rings. The minimum absolute atomic E-state index is 0.695. The number of fused-ring (bicyclic) bond motifs is 1. The Morgan fingerprint density at radius 1 is 1.42 bits per heavy atom. The molecule has 0 aromatic heterocycles. The topological polar surface area (TPSA) is 24.5 Å². The van der Waals surface area contributed by atoms with Gasteiger partial charge < -0.3 is 15.0 Å². The number of benzene rings is 1. The Morgan fingerprint density at radius 2 is 2.37 bits per heavy atom. The lowest BCUT2D eigenvalue weighted by Gasteiger charge is -2.31. The van der Waals surface area contributed by atoms with Crippen molar-refractivity contribution in [2.24, 2.45) is 5.92 Å². The van der Waals surface area contributed by atoms with E-state index >= 15 is 0 Å². The van der Waals surface area contributed by atoms with Crippen LogP contribution in [-0.2, 0) is 6.42 Å². The second-order valence-electron chi connectivity index (χ2n) is 5.71. The number of rotatable bonds is 4. The van der Waals surface area contributed by atoms with E-state index in [9.17, 15) is 0 Å². The molecule has 1 N–H and O–H groups in total. The van der Waals surface area contributed by atoms with Crippen molar-refractivity contribution in [3.63, 3.8) is 0 Å². The van der Waals surface area contributed by atoms with Crippen molar-refractivity contribution in [2.45, 2.75) is 26.2 Å². The van der Waals surface area contributed by atoms with E-state index in [1.165, 1.54) is 43.7 Å². The lowest BCUT2D eigenvalue weighted by Crippen LogP contribution is -2.37. The summed E-state index contributed by atoms with van der Waals surface area (Å²) in [5.41, 5.74) is 2.68. The van der Waals surface area contributed by atoms with Crippen LogP contribution in [0.15, 0.2) is 18.2 Å². The smallest absolute Gasteiger partial charge is 0.119 e. The van der Waals surface area contributed by atoms with E-state index in [4.69, 9.17) is 4.74 Å². The van der Waals surface area contributed by atoms with Crippen molar-refractivity contribution in [3.05, 3.63) is 23.8 Å². The second kappa shape index (κ2) is 5.83. The zero-order valence-electron chi connectivity index (χ0n) is 11.8. The van der Waals surface area contributed by atoms with E-state index in [0.29, 0.717) is 5.92 Å². The van der Waals surface area contributed by atoms with Gasteiger partial charge in [-0.05, 0) is 56.1 Å². The van der Waals surface area contributed by atoms with Crippen LogP contribution in [0.2, 0.25) is 0 Å². The molecule has 1 saturated heterocycles. The van der Waals surface area contributed by atoms with Gasteiger partial charge in [-0.2, -0.15) is 0 Å². The fourth-order valence-electron chi connectivity index (χ4n) is 3.16. The van der Waals surface area contributed by atoms with Crippen LogP contribution in [0.5, 0.6) is 5.75 Å². The van der Waals surface area contributed by atoms with Gasteiger partial charge in [0.1, 0.15) is 5.75 Å². The van der Waals surface area contributed by atoms with Crippen LogP contribution < -0.4 is 10.1 Å². The van der Waals surface area contributed by atoms with Crippen LogP contribution in [0.1, 0.15) is 25.3 Å². The summed E-state index contributed by atoms with van der Waals surface area (Å²) in [6.07, 6.45) is 3.75. The zero-order chi connectivity index (χ0) is 13.1. The Hall–Kier alpha value is -1.22. The van der Waals surface area contributed by atoms with Crippen molar-refractivity contribution in [2.75, 3.05) is 38.1 Å². The molecule has 1 unspecified atom stereocenters. The van der Waals surface area contributed by atoms with Crippen LogP contribution in [0.25, 0.3) is 0 Å². The third-order valence-electron chi connectivity index (χ3n) is 4.32. The Balaban J connectivity index is 1.54. The molecule has 0 radical (unpaired) electrons. The third-order valence-corrected chi connectivity index (χ3v) is 4.32. The highest BCUT2D eigenvalue weighted by Gasteiger charge is 2.19. The van der Waals surface area contributed by atoms with Crippen molar-refractivity contribution in [1.29, 1.82) is 0 Å². The number of nitrogens with zero attached hydrogens (tertiary/aromatic N) is 1. The molecule has 2 aliphatic heterocycles. The first-order chi connectivity index (χ1) is 9.35. The first-order valence-corrected chi connectivity index (χ1v) is 7.57. The summed E-state index contributed by atoms with van der Waals surface area (Å²) in [7, 11) is 0. The number of anilines is 1. The first-order valence-electron chi connectivity index (χ1n) is 7.57. The number of likely N-dealkylation sites (tertiary alicyclic amines) is 1. The maximum absolute atomic E-state index is 6.01.